The standard InChI is InChI=1S/C63H41N5/c1-4-19-42(20-5-1)48-40-39-47(41-59(48)67-55-31-14-10-25-51(55)52-26-11-15-32-56(52)67)63-65-61(45-23-8-3-9-24-45)64-62(66-63)46-37-35-44(36-38-46)50-30-18-29-49(43-21-6-2-7-22-43)60(50)68-57-33-16-12-27-53(57)54-28-13-17-34-58(54)68/h1-41H. The molecule has 0 atom stereocenters. The summed E-state index contributed by atoms with van der Waals surface area (Å²) in [5.41, 5.74) is 16.3. The van der Waals surface area contributed by atoms with Gasteiger partial charge in [-0.25, -0.2) is 15.0 Å². The molecule has 10 aromatic carbocycles. The molecule has 0 aliphatic heterocycles. The molecule has 0 amide bonds. The Balaban J connectivity index is 0.984. The largest absolute Gasteiger partial charge is 0.309 e. The van der Waals surface area contributed by atoms with E-state index in [4.69, 9.17) is 15.0 Å². The third kappa shape index (κ3) is 6.59. The lowest BCUT2D eigenvalue weighted by Crippen LogP contribution is -2.02. The zero-order chi connectivity index (χ0) is 45.0. The van der Waals surface area contributed by atoms with Gasteiger partial charge in [-0.3, -0.25) is 0 Å². The maximum absolute atomic E-state index is 5.30. The molecule has 5 nitrogen and oxygen atoms in total. The molecule has 0 spiro atoms. The second-order valence-corrected chi connectivity index (χ2v) is 17.2. The molecule has 0 aliphatic carbocycles. The summed E-state index contributed by atoms with van der Waals surface area (Å²) in [6, 6.07) is 88.2. The highest BCUT2D eigenvalue weighted by molar-refractivity contribution is 6.11. The van der Waals surface area contributed by atoms with E-state index in [1.165, 1.54) is 32.6 Å². The fourth-order valence-corrected chi connectivity index (χ4v) is 10.1. The van der Waals surface area contributed by atoms with E-state index in [0.717, 1.165) is 72.5 Å². The molecule has 13 aromatic rings. The van der Waals surface area contributed by atoms with Crippen molar-refractivity contribution >= 4 is 43.6 Å². The molecule has 3 heterocycles. The first kappa shape index (κ1) is 39.2. The van der Waals surface area contributed by atoms with E-state index in [2.05, 4.69) is 240 Å². The van der Waals surface area contributed by atoms with E-state index in [0.29, 0.717) is 17.5 Å². The smallest absolute Gasteiger partial charge is 0.164 e. The Bertz CT molecular complexity index is 3900. The van der Waals surface area contributed by atoms with Crippen LogP contribution in [0.2, 0.25) is 0 Å². The van der Waals surface area contributed by atoms with Gasteiger partial charge in [0.15, 0.2) is 17.5 Å². The van der Waals surface area contributed by atoms with Gasteiger partial charge in [0, 0.05) is 54.9 Å². The Morgan fingerprint density at radius 1 is 0.235 bits per heavy atom. The van der Waals surface area contributed by atoms with Crippen molar-refractivity contribution in [1.82, 2.24) is 24.1 Å². The highest BCUT2D eigenvalue weighted by Crippen LogP contribution is 2.42. The van der Waals surface area contributed by atoms with Crippen molar-refractivity contribution < 1.29 is 0 Å². The van der Waals surface area contributed by atoms with Gasteiger partial charge in [0.2, 0.25) is 0 Å². The highest BCUT2D eigenvalue weighted by atomic mass is 15.0. The minimum absolute atomic E-state index is 0.601. The third-order valence-corrected chi connectivity index (χ3v) is 13.2. The summed E-state index contributed by atoms with van der Waals surface area (Å²) in [6.45, 7) is 0. The van der Waals surface area contributed by atoms with Crippen molar-refractivity contribution in [1.29, 1.82) is 0 Å². The molecule has 0 radical (unpaired) electrons. The van der Waals surface area contributed by atoms with Gasteiger partial charge in [-0.1, -0.05) is 218 Å². The summed E-state index contributed by atoms with van der Waals surface area (Å²) in [5, 5.41) is 4.87. The minimum atomic E-state index is 0.601. The number of hydrogen-bond donors (Lipinski definition) is 0. The summed E-state index contributed by atoms with van der Waals surface area (Å²) in [4.78, 5) is 15.7. The number of nitrogens with zero attached hydrogens (tertiary/aromatic N) is 5. The molecule has 13 rings (SSSR count). The van der Waals surface area contributed by atoms with Crippen LogP contribution in [0.1, 0.15) is 0 Å². The third-order valence-electron chi connectivity index (χ3n) is 13.2. The van der Waals surface area contributed by atoms with E-state index in [9.17, 15) is 0 Å². The number of hydrogen-bond acceptors (Lipinski definition) is 3. The SMILES string of the molecule is c1ccc(-c2nc(-c3ccc(-c4cccc(-c5ccccc5)c4-n4c5ccccc5c5ccccc54)cc3)nc(-c3ccc(-c4ccccc4)c(-n4c5ccccc5c5ccccc54)c3)n2)cc1. The van der Waals surface area contributed by atoms with E-state index in [-0.39, 0.29) is 0 Å². The van der Waals surface area contributed by atoms with E-state index < -0.39 is 0 Å². The molecular formula is C63H41N5. The second kappa shape index (κ2) is 16.4. The molecule has 0 N–H and O–H groups in total. The van der Waals surface area contributed by atoms with Gasteiger partial charge >= 0.3 is 0 Å². The lowest BCUT2D eigenvalue weighted by Gasteiger charge is -2.19. The summed E-state index contributed by atoms with van der Waals surface area (Å²) >= 11 is 0. The molecule has 0 bridgehead atoms. The second-order valence-electron chi connectivity index (χ2n) is 17.2. The number of benzene rings is 10. The zero-order valence-electron chi connectivity index (χ0n) is 36.9. The van der Waals surface area contributed by atoms with E-state index in [1.54, 1.807) is 0 Å². The average Bonchev–Trinajstić information content (AvgIpc) is 3.94. The molecule has 0 saturated heterocycles. The van der Waals surface area contributed by atoms with Crippen LogP contribution < -0.4 is 0 Å². The maximum atomic E-state index is 5.30. The quantitative estimate of drug-likeness (QED) is 0.153. The molecular weight excluding hydrogens is 827 g/mol. The van der Waals surface area contributed by atoms with Crippen molar-refractivity contribution in [2.45, 2.75) is 0 Å². The van der Waals surface area contributed by atoms with Crippen LogP contribution in [0.4, 0.5) is 0 Å². The van der Waals surface area contributed by atoms with Gasteiger partial charge in [-0.15, -0.1) is 0 Å². The molecule has 0 saturated carbocycles. The van der Waals surface area contributed by atoms with Gasteiger partial charge in [-0.05, 0) is 47.0 Å². The van der Waals surface area contributed by atoms with Crippen LogP contribution in [0.5, 0.6) is 0 Å². The Labute approximate surface area is 393 Å². The zero-order valence-corrected chi connectivity index (χ0v) is 36.9. The predicted octanol–water partition coefficient (Wildman–Crippen LogP) is 16.1. The van der Waals surface area contributed by atoms with Crippen LogP contribution in [0.15, 0.2) is 249 Å². The van der Waals surface area contributed by atoms with Crippen LogP contribution in [0.25, 0.3) is 123 Å². The summed E-state index contributed by atoms with van der Waals surface area (Å²) < 4.78 is 4.83. The number of aromatic nitrogens is 5. The Hall–Kier alpha value is -9.19. The Morgan fingerprint density at radius 2 is 0.574 bits per heavy atom. The van der Waals surface area contributed by atoms with Gasteiger partial charge < -0.3 is 9.13 Å². The van der Waals surface area contributed by atoms with Crippen molar-refractivity contribution in [2.75, 3.05) is 0 Å². The molecule has 0 unspecified atom stereocenters. The first-order valence-corrected chi connectivity index (χ1v) is 23.0. The van der Waals surface area contributed by atoms with Crippen LogP contribution in [0.3, 0.4) is 0 Å². The fraction of sp³-hybridized carbons (Fsp3) is 0. The van der Waals surface area contributed by atoms with Gasteiger partial charge in [0.05, 0.1) is 33.4 Å². The predicted molar refractivity (Wildman–Crippen MR) is 281 cm³/mol. The van der Waals surface area contributed by atoms with Crippen molar-refractivity contribution in [3.8, 4) is 78.9 Å². The number of para-hydroxylation sites is 5. The van der Waals surface area contributed by atoms with Crippen LogP contribution >= 0.6 is 0 Å². The monoisotopic (exact) mass is 867 g/mol. The van der Waals surface area contributed by atoms with Crippen LogP contribution in [-0.4, -0.2) is 24.1 Å². The Kier molecular flexibility index (Phi) is 9.43. The normalized spacial score (nSPS) is 11.5. The minimum Gasteiger partial charge on any atom is -0.309 e. The number of rotatable bonds is 8. The van der Waals surface area contributed by atoms with Crippen LogP contribution in [-0.2, 0) is 0 Å². The average molecular weight is 868 g/mol. The summed E-state index contributed by atoms with van der Waals surface area (Å²) in [7, 11) is 0. The topological polar surface area (TPSA) is 48.5 Å². The first-order valence-electron chi connectivity index (χ1n) is 23.0. The highest BCUT2D eigenvalue weighted by Gasteiger charge is 2.22. The molecule has 3 aromatic heterocycles. The number of fused-ring (bicyclic) bond motifs is 6. The van der Waals surface area contributed by atoms with Crippen LogP contribution in [0, 0.1) is 0 Å². The lowest BCUT2D eigenvalue weighted by atomic mass is 9.95. The molecule has 68 heavy (non-hydrogen) atoms. The molecule has 0 aliphatic rings. The molecule has 5 heteroatoms. The Morgan fingerprint density at radius 3 is 1.06 bits per heavy atom. The fourth-order valence-electron chi connectivity index (χ4n) is 10.1. The van der Waals surface area contributed by atoms with Gasteiger partial charge in [0.25, 0.3) is 0 Å². The van der Waals surface area contributed by atoms with Gasteiger partial charge in [-0.2, -0.15) is 0 Å². The van der Waals surface area contributed by atoms with Gasteiger partial charge in [0.1, 0.15) is 0 Å². The molecule has 318 valence electrons. The lowest BCUT2D eigenvalue weighted by molar-refractivity contribution is 1.07. The van der Waals surface area contributed by atoms with Crippen molar-refractivity contribution in [3.63, 3.8) is 0 Å². The molecule has 0 fully saturated rings. The maximum Gasteiger partial charge on any atom is 0.164 e. The summed E-state index contributed by atoms with van der Waals surface area (Å²) in [6.07, 6.45) is 0. The summed E-state index contributed by atoms with van der Waals surface area (Å²) in [5.74, 6) is 1.82. The first-order chi connectivity index (χ1) is 33.7. The van der Waals surface area contributed by atoms with Crippen molar-refractivity contribution in [3.05, 3.63) is 249 Å². The van der Waals surface area contributed by atoms with E-state index in [1.807, 2.05) is 18.2 Å². The van der Waals surface area contributed by atoms with Crippen molar-refractivity contribution in [2.24, 2.45) is 0 Å². The van der Waals surface area contributed by atoms with E-state index >= 15 is 0 Å².